The molecule has 1 heterocycles. The van der Waals surface area contributed by atoms with Crippen LogP contribution in [0.15, 0.2) is 54.7 Å². The number of carbonyl (C=O) groups excluding carboxylic acids is 1. The maximum atomic E-state index is 13.0. The van der Waals surface area contributed by atoms with E-state index in [-0.39, 0.29) is 11.7 Å². The van der Waals surface area contributed by atoms with Crippen LogP contribution >= 0.6 is 0 Å². The van der Waals surface area contributed by atoms with Gasteiger partial charge in [0.05, 0.1) is 11.3 Å². The van der Waals surface area contributed by atoms with Crippen molar-refractivity contribution in [2.45, 2.75) is 13.8 Å². The van der Waals surface area contributed by atoms with Gasteiger partial charge in [-0.05, 0) is 55.8 Å². The Hall–Kier alpha value is -3.08. The number of amides is 1. The summed E-state index contributed by atoms with van der Waals surface area (Å²) in [4.78, 5) is 21.0. The van der Waals surface area contributed by atoms with Gasteiger partial charge < -0.3 is 5.32 Å². The first kappa shape index (κ1) is 15.8. The van der Waals surface area contributed by atoms with Crippen LogP contribution in [0.4, 0.5) is 10.1 Å². The Morgan fingerprint density at radius 3 is 2.50 bits per heavy atom. The van der Waals surface area contributed by atoms with Gasteiger partial charge in [-0.15, -0.1) is 0 Å². The lowest BCUT2D eigenvalue weighted by Gasteiger charge is -2.09. The fraction of sp³-hybridized carbons (Fsp3) is 0.105. The number of rotatable bonds is 3. The maximum absolute atomic E-state index is 13.0. The fourth-order valence-corrected chi connectivity index (χ4v) is 2.35. The van der Waals surface area contributed by atoms with Crippen molar-refractivity contribution < 1.29 is 9.18 Å². The summed E-state index contributed by atoms with van der Waals surface area (Å²) < 4.78 is 13.0. The van der Waals surface area contributed by atoms with E-state index in [9.17, 15) is 9.18 Å². The number of anilines is 1. The van der Waals surface area contributed by atoms with Gasteiger partial charge in [0, 0.05) is 17.4 Å². The highest BCUT2D eigenvalue weighted by Crippen LogP contribution is 2.18. The number of aryl methyl sites for hydroxylation is 2. The largest absolute Gasteiger partial charge is 0.322 e. The van der Waals surface area contributed by atoms with Crippen molar-refractivity contribution >= 4 is 11.6 Å². The van der Waals surface area contributed by atoms with Crippen LogP contribution in [0, 0.1) is 19.7 Å². The lowest BCUT2D eigenvalue weighted by atomic mass is 10.1. The highest BCUT2D eigenvalue weighted by Gasteiger charge is 2.13. The zero-order valence-electron chi connectivity index (χ0n) is 13.4. The van der Waals surface area contributed by atoms with E-state index in [1.54, 1.807) is 19.1 Å². The van der Waals surface area contributed by atoms with Crippen LogP contribution in [0.25, 0.3) is 11.4 Å². The number of carbonyl (C=O) groups is 1. The summed E-state index contributed by atoms with van der Waals surface area (Å²) in [5.41, 5.74) is 3.46. The zero-order chi connectivity index (χ0) is 17.1. The molecule has 2 aromatic carbocycles. The molecule has 0 radical (unpaired) electrons. The summed E-state index contributed by atoms with van der Waals surface area (Å²) in [6, 6.07) is 13.5. The van der Waals surface area contributed by atoms with Gasteiger partial charge in [-0.25, -0.2) is 14.4 Å². The molecule has 3 rings (SSSR count). The number of hydrogen-bond donors (Lipinski definition) is 1. The standard InChI is InChI=1S/C19H16FN3O/c1-12-4-3-5-16(10-12)23-19(24)17-11-21-18(22-13(17)2)14-6-8-15(20)9-7-14/h3-11H,1-2H3,(H,23,24). The molecule has 1 amide bonds. The second kappa shape index (κ2) is 6.58. The number of aromatic nitrogens is 2. The second-order valence-electron chi connectivity index (χ2n) is 5.52. The molecule has 0 saturated heterocycles. The number of nitrogens with zero attached hydrogens (tertiary/aromatic N) is 2. The van der Waals surface area contributed by atoms with Gasteiger partial charge in [0.1, 0.15) is 5.82 Å². The number of hydrogen-bond acceptors (Lipinski definition) is 3. The third-order valence-corrected chi connectivity index (χ3v) is 3.60. The molecule has 0 aliphatic rings. The van der Waals surface area contributed by atoms with E-state index >= 15 is 0 Å². The highest BCUT2D eigenvalue weighted by molar-refractivity contribution is 6.04. The minimum atomic E-state index is -0.315. The molecule has 0 fully saturated rings. The molecular formula is C19H16FN3O. The Labute approximate surface area is 139 Å². The first-order valence-electron chi connectivity index (χ1n) is 7.50. The van der Waals surface area contributed by atoms with Crippen molar-refractivity contribution in [3.05, 3.63) is 77.4 Å². The molecule has 3 aromatic rings. The van der Waals surface area contributed by atoms with Crippen LogP contribution in [-0.4, -0.2) is 15.9 Å². The summed E-state index contributed by atoms with van der Waals surface area (Å²) in [6.07, 6.45) is 1.49. The van der Waals surface area contributed by atoms with Gasteiger partial charge >= 0.3 is 0 Å². The average Bonchev–Trinajstić information content (AvgIpc) is 2.55. The molecule has 0 atom stereocenters. The molecule has 0 bridgehead atoms. The number of nitrogens with one attached hydrogen (secondary N) is 1. The van der Waals surface area contributed by atoms with Crippen LogP contribution in [0.2, 0.25) is 0 Å². The van der Waals surface area contributed by atoms with Gasteiger partial charge in [-0.3, -0.25) is 4.79 Å². The topological polar surface area (TPSA) is 54.9 Å². The van der Waals surface area contributed by atoms with Crippen LogP contribution in [0.1, 0.15) is 21.6 Å². The summed E-state index contributed by atoms with van der Waals surface area (Å²) in [5, 5.41) is 2.84. The van der Waals surface area contributed by atoms with E-state index in [0.29, 0.717) is 22.6 Å². The summed E-state index contributed by atoms with van der Waals surface area (Å²) in [7, 11) is 0. The summed E-state index contributed by atoms with van der Waals surface area (Å²) in [5.74, 6) is -0.118. The van der Waals surface area contributed by atoms with Gasteiger partial charge in [-0.2, -0.15) is 0 Å². The Morgan fingerprint density at radius 2 is 1.83 bits per heavy atom. The van der Waals surface area contributed by atoms with Crippen LogP contribution in [0.3, 0.4) is 0 Å². The molecule has 0 saturated carbocycles. The van der Waals surface area contributed by atoms with Crippen molar-refractivity contribution in [3.63, 3.8) is 0 Å². The highest BCUT2D eigenvalue weighted by atomic mass is 19.1. The van der Waals surface area contributed by atoms with E-state index in [1.807, 2.05) is 31.2 Å². The lowest BCUT2D eigenvalue weighted by Crippen LogP contribution is -2.15. The minimum absolute atomic E-state index is 0.260. The molecule has 24 heavy (non-hydrogen) atoms. The molecular weight excluding hydrogens is 305 g/mol. The van der Waals surface area contributed by atoms with Gasteiger partial charge in [0.15, 0.2) is 5.82 Å². The summed E-state index contributed by atoms with van der Waals surface area (Å²) in [6.45, 7) is 3.71. The van der Waals surface area contributed by atoms with Gasteiger partial charge in [0.2, 0.25) is 0 Å². The van der Waals surface area contributed by atoms with E-state index in [1.165, 1.54) is 18.3 Å². The Bertz CT molecular complexity index is 891. The molecule has 0 spiro atoms. The lowest BCUT2D eigenvalue weighted by molar-refractivity contribution is 0.102. The zero-order valence-corrected chi connectivity index (χ0v) is 13.4. The SMILES string of the molecule is Cc1cccc(NC(=O)c2cnc(-c3ccc(F)cc3)nc2C)c1. The van der Waals surface area contributed by atoms with Crippen LogP contribution in [-0.2, 0) is 0 Å². The van der Waals surface area contributed by atoms with Crippen molar-refractivity contribution in [3.8, 4) is 11.4 Å². The molecule has 0 aliphatic carbocycles. The normalized spacial score (nSPS) is 10.5. The second-order valence-corrected chi connectivity index (χ2v) is 5.52. The maximum Gasteiger partial charge on any atom is 0.259 e. The third kappa shape index (κ3) is 3.46. The monoisotopic (exact) mass is 321 g/mol. The molecule has 0 unspecified atom stereocenters. The van der Waals surface area contributed by atoms with E-state index < -0.39 is 0 Å². The Morgan fingerprint density at radius 1 is 1.08 bits per heavy atom. The van der Waals surface area contributed by atoms with Crippen molar-refractivity contribution in [1.82, 2.24) is 9.97 Å². The predicted molar refractivity (Wildman–Crippen MR) is 91.3 cm³/mol. The Balaban J connectivity index is 1.84. The predicted octanol–water partition coefficient (Wildman–Crippen LogP) is 4.15. The smallest absolute Gasteiger partial charge is 0.259 e. The summed E-state index contributed by atoms with van der Waals surface area (Å²) >= 11 is 0. The first-order chi connectivity index (χ1) is 11.5. The minimum Gasteiger partial charge on any atom is -0.322 e. The molecule has 1 aromatic heterocycles. The van der Waals surface area contributed by atoms with E-state index in [0.717, 1.165) is 11.3 Å². The van der Waals surface area contributed by atoms with Gasteiger partial charge in [-0.1, -0.05) is 12.1 Å². The quantitative estimate of drug-likeness (QED) is 0.788. The third-order valence-electron chi connectivity index (χ3n) is 3.60. The Kier molecular flexibility index (Phi) is 4.33. The van der Waals surface area contributed by atoms with Crippen LogP contribution in [0.5, 0.6) is 0 Å². The fourth-order valence-electron chi connectivity index (χ4n) is 2.35. The van der Waals surface area contributed by atoms with Crippen LogP contribution < -0.4 is 5.32 Å². The van der Waals surface area contributed by atoms with E-state index in [2.05, 4.69) is 15.3 Å². The van der Waals surface area contributed by atoms with Gasteiger partial charge in [0.25, 0.3) is 5.91 Å². The average molecular weight is 321 g/mol. The molecule has 5 heteroatoms. The van der Waals surface area contributed by atoms with Crippen molar-refractivity contribution in [1.29, 1.82) is 0 Å². The number of halogens is 1. The van der Waals surface area contributed by atoms with E-state index in [4.69, 9.17) is 0 Å². The number of benzene rings is 2. The van der Waals surface area contributed by atoms with Crippen molar-refractivity contribution in [2.75, 3.05) is 5.32 Å². The molecule has 1 N–H and O–H groups in total. The molecule has 4 nitrogen and oxygen atoms in total. The molecule has 0 aliphatic heterocycles. The first-order valence-corrected chi connectivity index (χ1v) is 7.50. The van der Waals surface area contributed by atoms with Crippen molar-refractivity contribution in [2.24, 2.45) is 0 Å². The molecule has 120 valence electrons.